The standard InChI is InChI=1S/C13H24O9/c1-5-12(6(19-2)3-8(15)20-5)22-13-11(18)10(17)9(16)7(4-14)21-13/h5-18H,3-4H2,1-2H3/t5-,6+,7+,8?,9+,10-,11+,12+,13-/m0/s1. The molecule has 2 aliphatic rings. The third-order valence-corrected chi connectivity index (χ3v) is 4.08. The Morgan fingerprint density at radius 1 is 1.05 bits per heavy atom. The normalized spacial score (nSPS) is 50.0. The molecule has 5 N–H and O–H groups in total. The summed E-state index contributed by atoms with van der Waals surface area (Å²) in [6.45, 7) is 1.14. The van der Waals surface area contributed by atoms with Gasteiger partial charge in [-0.3, -0.25) is 0 Å². The molecule has 0 aromatic heterocycles. The van der Waals surface area contributed by atoms with Crippen molar-refractivity contribution < 1.29 is 44.5 Å². The first kappa shape index (κ1) is 18.0. The van der Waals surface area contributed by atoms with Gasteiger partial charge in [-0.15, -0.1) is 0 Å². The molecule has 22 heavy (non-hydrogen) atoms. The highest BCUT2D eigenvalue weighted by atomic mass is 16.7. The first-order chi connectivity index (χ1) is 10.4. The maximum atomic E-state index is 9.98. The fourth-order valence-corrected chi connectivity index (χ4v) is 2.78. The van der Waals surface area contributed by atoms with Crippen molar-refractivity contribution in [2.24, 2.45) is 0 Å². The highest BCUT2D eigenvalue weighted by Gasteiger charge is 2.47. The molecule has 0 aromatic carbocycles. The molecule has 2 saturated heterocycles. The van der Waals surface area contributed by atoms with Gasteiger partial charge in [0.15, 0.2) is 12.6 Å². The molecule has 9 atom stereocenters. The molecule has 130 valence electrons. The highest BCUT2D eigenvalue weighted by molar-refractivity contribution is 4.91. The van der Waals surface area contributed by atoms with E-state index in [1.165, 1.54) is 7.11 Å². The molecule has 0 radical (unpaired) electrons. The number of ether oxygens (including phenoxy) is 4. The molecular formula is C13H24O9. The summed E-state index contributed by atoms with van der Waals surface area (Å²) in [7, 11) is 1.46. The predicted octanol–water partition coefficient (Wildman–Crippen LogP) is -2.69. The van der Waals surface area contributed by atoms with Gasteiger partial charge >= 0.3 is 0 Å². The molecule has 0 bridgehead atoms. The van der Waals surface area contributed by atoms with E-state index < -0.39 is 61.9 Å². The third-order valence-electron chi connectivity index (χ3n) is 4.08. The minimum atomic E-state index is -1.51. The van der Waals surface area contributed by atoms with E-state index >= 15 is 0 Å². The van der Waals surface area contributed by atoms with Gasteiger partial charge in [0.1, 0.15) is 30.5 Å². The molecule has 0 saturated carbocycles. The molecule has 2 rings (SSSR count). The largest absolute Gasteiger partial charge is 0.394 e. The summed E-state index contributed by atoms with van der Waals surface area (Å²) in [6.07, 6.45) is -9.24. The van der Waals surface area contributed by atoms with Crippen LogP contribution in [0.4, 0.5) is 0 Å². The fourth-order valence-electron chi connectivity index (χ4n) is 2.78. The topological polar surface area (TPSA) is 138 Å². The average Bonchev–Trinajstić information content (AvgIpc) is 2.49. The second kappa shape index (κ2) is 7.47. The van der Waals surface area contributed by atoms with E-state index in [1.54, 1.807) is 6.92 Å². The van der Waals surface area contributed by atoms with E-state index in [2.05, 4.69) is 0 Å². The van der Waals surface area contributed by atoms with Crippen LogP contribution in [0.25, 0.3) is 0 Å². The Kier molecular flexibility index (Phi) is 6.11. The smallest absolute Gasteiger partial charge is 0.187 e. The van der Waals surface area contributed by atoms with Crippen LogP contribution in [-0.2, 0) is 18.9 Å². The lowest BCUT2D eigenvalue weighted by Gasteiger charge is -2.44. The Labute approximate surface area is 128 Å². The van der Waals surface area contributed by atoms with E-state index in [0.29, 0.717) is 0 Å². The van der Waals surface area contributed by atoms with Gasteiger partial charge in [-0.1, -0.05) is 0 Å². The first-order valence-electron chi connectivity index (χ1n) is 7.21. The van der Waals surface area contributed by atoms with Gasteiger partial charge in [-0.25, -0.2) is 0 Å². The highest BCUT2D eigenvalue weighted by Crippen LogP contribution is 2.29. The molecular weight excluding hydrogens is 300 g/mol. The van der Waals surface area contributed by atoms with Gasteiger partial charge in [-0.2, -0.15) is 0 Å². The average molecular weight is 324 g/mol. The monoisotopic (exact) mass is 324 g/mol. The van der Waals surface area contributed by atoms with Crippen LogP contribution >= 0.6 is 0 Å². The van der Waals surface area contributed by atoms with Gasteiger partial charge in [0, 0.05) is 13.5 Å². The molecule has 1 unspecified atom stereocenters. The van der Waals surface area contributed by atoms with E-state index in [4.69, 9.17) is 24.1 Å². The minimum absolute atomic E-state index is 0.183. The van der Waals surface area contributed by atoms with Crippen molar-refractivity contribution in [2.75, 3.05) is 13.7 Å². The van der Waals surface area contributed by atoms with Crippen molar-refractivity contribution in [3.05, 3.63) is 0 Å². The van der Waals surface area contributed by atoms with Gasteiger partial charge in [0.05, 0.1) is 18.8 Å². The summed E-state index contributed by atoms with van der Waals surface area (Å²) in [5.41, 5.74) is 0. The zero-order chi connectivity index (χ0) is 16.4. The number of hydrogen-bond donors (Lipinski definition) is 5. The Bertz CT molecular complexity index is 352. The van der Waals surface area contributed by atoms with Gasteiger partial charge in [-0.05, 0) is 6.92 Å². The summed E-state index contributed by atoms with van der Waals surface area (Å²) in [6, 6.07) is 0. The number of aliphatic hydroxyl groups is 5. The summed E-state index contributed by atoms with van der Waals surface area (Å²) in [4.78, 5) is 0. The molecule has 0 spiro atoms. The third kappa shape index (κ3) is 3.58. The van der Waals surface area contributed by atoms with Gasteiger partial charge < -0.3 is 44.5 Å². The lowest BCUT2D eigenvalue weighted by molar-refractivity contribution is -0.340. The molecule has 2 fully saturated rings. The second-order valence-corrected chi connectivity index (χ2v) is 5.60. The molecule has 9 heteroatoms. The van der Waals surface area contributed by atoms with E-state index in [0.717, 1.165) is 0 Å². The Hall–Kier alpha value is -0.360. The van der Waals surface area contributed by atoms with Crippen molar-refractivity contribution >= 4 is 0 Å². The first-order valence-corrected chi connectivity index (χ1v) is 7.21. The van der Waals surface area contributed by atoms with Crippen LogP contribution in [0.5, 0.6) is 0 Å². The molecule has 2 aliphatic heterocycles. The number of rotatable bonds is 4. The molecule has 0 aliphatic carbocycles. The summed E-state index contributed by atoms with van der Waals surface area (Å²) < 4.78 is 21.5. The summed E-state index contributed by atoms with van der Waals surface area (Å²) >= 11 is 0. The van der Waals surface area contributed by atoms with E-state index in [-0.39, 0.29) is 6.42 Å². The Balaban J connectivity index is 2.07. The maximum Gasteiger partial charge on any atom is 0.187 e. The minimum Gasteiger partial charge on any atom is -0.394 e. The van der Waals surface area contributed by atoms with Gasteiger partial charge in [0.25, 0.3) is 0 Å². The summed E-state index contributed by atoms with van der Waals surface area (Å²) in [5, 5.41) is 48.2. The van der Waals surface area contributed by atoms with Crippen LogP contribution in [0.2, 0.25) is 0 Å². The fraction of sp³-hybridized carbons (Fsp3) is 1.00. The van der Waals surface area contributed by atoms with Gasteiger partial charge in [0.2, 0.25) is 0 Å². The van der Waals surface area contributed by atoms with Crippen molar-refractivity contribution in [2.45, 2.75) is 68.7 Å². The Morgan fingerprint density at radius 2 is 1.73 bits per heavy atom. The quantitative estimate of drug-likeness (QED) is 0.374. The molecule has 0 aromatic rings. The zero-order valence-electron chi connectivity index (χ0n) is 12.5. The van der Waals surface area contributed by atoms with Crippen LogP contribution < -0.4 is 0 Å². The van der Waals surface area contributed by atoms with E-state index in [9.17, 15) is 20.4 Å². The van der Waals surface area contributed by atoms with Crippen molar-refractivity contribution in [3.8, 4) is 0 Å². The predicted molar refractivity (Wildman–Crippen MR) is 70.6 cm³/mol. The maximum absolute atomic E-state index is 9.98. The molecule has 9 nitrogen and oxygen atoms in total. The van der Waals surface area contributed by atoms with Crippen molar-refractivity contribution in [1.29, 1.82) is 0 Å². The SMILES string of the molecule is CO[C@@H]1CC(O)O[C@@H](C)[C@H]1O[C@@H]1O[C@H](CO)[C@@H](O)[C@H](O)[C@H]1O. The van der Waals surface area contributed by atoms with Crippen LogP contribution in [-0.4, -0.2) is 94.6 Å². The second-order valence-electron chi connectivity index (χ2n) is 5.60. The van der Waals surface area contributed by atoms with Crippen molar-refractivity contribution in [1.82, 2.24) is 0 Å². The van der Waals surface area contributed by atoms with Crippen LogP contribution in [0.1, 0.15) is 13.3 Å². The zero-order valence-corrected chi connectivity index (χ0v) is 12.5. The van der Waals surface area contributed by atoms with Crippen LogP contribution in [0, 0.1) is 0 Å². The van der Waals surface area contributed by atoms with E-state index in [1.807, 2.05) is 0 Å². The van der Waals surface area contributed by atoms with Crippen molar-refractivity contribution in [3.63, 3.8) is 0 Å². The number of hydrogen-bond acceptors (Lipinski definition) is 9. The number of methoxy groups -OCH3 is 1. The molecule has 0 amide bonds. The number of aliphatic hydroxyl groups excluding tert-OH is 5. The lowest BCUT2D eigenvalue weighted by atomic mass is 9.98. The molecule has 2 heterocycles. The van der Waals surface area contributed by atoms with Crippen LogP contribution in [0.15, 0.2) is 0 Å². The van der Waals surface area contributed by atoms with Crippen LogP contribution in [0.3, 0.4) is 0 Å². The summed E-state index contributed by atoms with van der Waals surface area (Å²) in [5.74, 6) is 0. The lowest BCUT2D eigenvalue weighted by Crippen LogP contribution is -2.61. The Morgan fingerprint density at radius 3 is 2.32 bits per heavy atom.